The zero-order valence-corrected chi connectivity index (χ0v) is 14.5. The van der Waals surface area contributed by atoms with Crippen molar-refractivity contribution in [1.29, 1.82) is 0 Å². The Morgan fingerprint density at radius 3 is 2.72 bits per heavy atom. The highest BCUT2D eigenvalue weighted by atomic mass is 31.2. The van der Waals surface area contributed by atoms with Gasteiger partial charge in [-0.1, -0.05) is 6.92 Å². The van der Waals surface area contributed by atoms with E-state index in [0.29, 0.717) is 12.1 Å². The molecule has 0 fully saturated rings. The summed E-state index contributed by atoms with van der Waals surface area (Å²) in [4.78, 5) is 53.1. The third kappa shape index (κ3) is 4.95. The van der Waals surface area contributed by atoms with Gasteiger partial charge in [0.15, 0.2) is 11.2 Å². The lowest BCUT2D eigenvalue weighted by Crippen LogP contribution is -2.43. The van der Waals surface area contributed by atoms with Crippen LogP contribution in [0.25, 0.3) is 11.2 Å². The Labute approximate surface area is 142 Å². The number of carbonyl (C=O) groups is 1. The maximum Gasteiger partial charge on any atom is 0.326 e. The molecule has 0 bridgehead atoms. The molecule has 0 radical (unpaired) electrons. The maximum absolute atomic E-state index is 11.6. The van der Waals surface area contributed by atoms with Crippen LogP contribution in [0, 0.1) is 0 Å². The molecular weight excluding hydrogens is 353 g/mol. The van der Waals surface area contributed by atoms with Crippen LogP contribution in [0.3, 0.4) is 0 Å². The molecule has 1 unspecified atom stereocenters. The van der Waals surface area contributed by atoms with Crippen LogP contribution in [-0.2, 0) is 15.9 Å². The molecule has 2 aromatic rings. The number of nitrogens with zero attached hydrogens (tertiary/aromatic N) is 4. The SMILES string of the molecule is CCC(C(=O)O)N(CCn1cnc2c(=O)[nH]cnc21)CCP(=O)(O)O. The number of carboxylic acids is 1. The van der Waals surface area contributed by atoms with Gasteiger partial charge in [-0.25, -0.2) is 9.97 Å². The lowest BCUT2D eigenvalue weighted by Gasteiger charge is -2.28. The number of rotatable bonds is 9. The van der Waals surface area contributed by atoms with Crippen LogP contribution in [0.15, 0.2) is 17.4 Å². The summed E-state index contributed by atoms with van der Waals surface area (Å²) >= 11 is 0. The average molecular weight is 373 g/mol. The van der Waals surface area contributed by atoms with Gasteiger partial charge in [0, 0.05) is 19.6 Å². The molecule has 0 amide bonds. The minimum atomic E-state index is -4.24. The number of aromatic amines is 1. The number of carboxylic acid groups (broad SMARTS) is 1. The van der Waals surface area contributed by atoms with E-state index in [1.165, 1.54) is 17.6 Å². The van der Waals surface area contributed by atoms with Gasteiger partial charge in [0.25, 0.3) is 5.56 Å². The largest absolute Gasteiger partial charge is 0.480 e. The number of aliphatic carboxylic acids is 1. The molecule has 1 atom stereocenters. The molecule has 25 heavy (non-hydrogen) atoms. The van der Waals surface area contributed by atoms with Gasteiger partial charge in [-0.05, 0) is 6.42 Å². The highest BCUT2D eigenvalue weighted by Gasteiger charge is 2.26. The Balaban J connectivity index is 2.17. The number of aromatic nitrogens is 4. The molecule has 0 aliphatic rings. The van der Waals surface area contributed by atoms with E-state index in [2.05, 4.69) is 15.0 Å². The zero-order valence-electron chi connectivity index (χ0n) is 13.6. The summed E-state index contributed by atoms with van der Waals surface area (Å²) < 4.78 is 12.7. The van der Waals surface area contributed by atoms with Crippen LogP contribution < -0.4 is 5.56 Å². The molecule has 2 aromatic heterocycles. The number of H-pyrrole nitrogens is 1. The van der Waals surface area contributed by atoms with E-state index >= 15 is 0 Å². The first-order valence-corrected chi connectivity index (χ1v) is 9.42. The highest BCUT2D eigenvalue weighted by Crippen LogP contribution is 2.34. The Morgan fingerprint density at radius 1 is 1.40 bits per heavy atom. The van der Waals surface area contributed by atoms with E-state index < -0.39 is 25.8 Å². The van der Waals surface area contributed by atoms with Crippen LogP contribution >= 0.6 is 7.60 Å². The molecule has 0 aliphatic carbocycles. The number of fused-ring (bicyclic) bond motifs is 1. The van der Waals surface area contributed by atoms with Crippen LogP contribution in [0.1, 0.15) is 13.3 Å². The van der Waals surface area contributed by atoms with Crippen molar-refractivity contribution in [3.63, 3.8) is 0 Å². The van der Waals surface area contributed by atoms with Crippen molar-refractivity contribution in [1.82, 2.24) is 24.4 Å². The summed E-state index contributed by atoms with van der Waals surface area (Å²) in [6, 6.07) is -0.863. The van der Waals surface area contributed by atoms with E-state index in [1.54, 1.807) is 11.5 Å². The molecule has 0 aromatic carbocycles. The molecule has 0 aliphatic heterocycles. The molecule has 4 N–H and O–H groups in total. The monoisotopic (exact) mass is 373 g/mol. The van der Waals surface area contributed by atoms with E-state index in [1.807, 2.05) is 0 Å². The molecule has 2 rings (SSSR count). The Morgan fingerprint density at radius 2 is 2.12 bits per heavy atom. The smallest absolute Gasteiger partial charge is 0.326 e. The summed E-state index contributed by atoms with van der Waals surface area (Å²) in [7, 11) is -4.24. The standard InChI is InChI=1S/C13H20N5O6P/c1-2-9(13(20)21)17(5-6-25(22,23)24)3-4-18-8-16-10-11(18)14-7-15-12(10)19/h7-9H,2-6H2,1H3,(H,20,21)(H,14,15,19)(H2,22,23,24). The number of hydrogen-bond donors (Lipinski definition) is 4. The van der Waals surface area contributed by atoms with Crippen molar-refractivity contribution in [2.45, 2.75) is 25.9 Å². The van der Waals surface area contributed by atoms with Crippen molar-refractivity contribution in [2.75, 3.05) is 19.3 Å². The quantitative estimate of drug-likeness (QED) is 0.423. The second kappa shape index (κ2) is 7.87. The van der Waals surface area contributed by atoms with Gasteiger partial charge in [-0.2, -0.15) is 0 Å². The maximum atomic E-state index is 11.6. The highest BCUT2D eigenvalue weighted by molar-refractivity contribution is 7.51. The second-order valence-corrected chi connectivity index (χ2v) is 7.30. The number of imidazole rings is 1. The number of nitrogens with one attached hydrogen (secondary N) is 1. The first kappa shape index (κ1) is 19.3. The third-order valence-corrected chi connectivity index (χ3v) is 4.61. The van der Waals surface area contributed by atoms with Gasteiger partial charge in [0.2, 0.25) is 0 Å². The van der Waals surface area contributed by atoms with Crippen LogP contribution in [-0.4, -0.2) is 70.6 Å². The van der Waals surface area contributed by atoms with Crippen LogP contribution in [0.5, 0.6) is 0 Å². The summed E-state index contributed by atoms with van der Waals surface area (Å²) in [5.74, 6) is -1.06. The lowest BCUT2D eigenvalue weighted by atomic mass is 10.2. The van der Waals surface area contributed by atoms with Gasteiger partial charge in [-0.15, -0.1) is 0 Å². The van der Waals surface area contributed by atoms with Crippen LogP contribution in [0.4, 0.5) is 0 Å². The topological polar surface area (TPSA) is 162 Å². The van der Waals surface area contributed by atoms with Crippen molar-refractivity contribution < 1.29 is 24.3 Å². The summed E-state index contributed by atoms with van der Waals surface area (Å²) in [6.45, 7) is 2.12. The van der Waals surface area contributed by atoms with Crippen molar-refractivity contribution in [3.05, 3.63) is 23.0 Å². The van der Waals surface area contributed by atoms with Gasteiger partial charge < -0.3 is 24.4 Å². The molecule has 0 saturated carbocycles. The summed E-state index contributed by atoms with van der Waals surface area (Å²) in [5, 5.41) is 9.33. The molecule has 138 valence electrons. The fourth-order valence-electron chi connectivity index (χ4n) is 2.56. The first-order chi connectivity index (χ1) is 11.7. The minimum absolute atomic E-state index is 0.0598. The molecule has 2 heterocycles. The van der Waals surface area contributed by atoms with Gasteiger partial charge >= 0.3 is 13.6 Å². The van der Waals surface area contributed by atoms with Crippen molar-refractivity contribution in [2.24, 2.45) is 0 Å². The number of hydrogen-bond acceptors (Lipinski definition) is 6. The zero-order chi connectivity index (χ0) is 18.6. The van der Waals surface area contributed by atoms with Gasteiger partial charge in [0.1, 0.15) is 6.04 Å². The molecule has 12 heteroatoms. The predicted octanol–water partition coefficient (Wildman–Crippen LogP) is -0.537. The summed E-state index contributed by atoms with van der Waals surface area (Å²) in [5.41, 5.74) is 0.163. The van der Waals surface area contributed by atoms with E-state index in [-0.39, 0.29) is 30.7 Å². The van der Waals surface area contributed by atoms with Gasteiger partial charge in [-0.3, -0.25) is 19.1 Å². The van der Waals surface area contributed by atoms with Crippen molar-refractivity contribution >= 4 is 24.7 Å². The van der Waals surface area contributed by atoms with Crippen LogP contribution in [0.2, 0.25) is 0 Å². The first-order valence-electron chi connectivity index (χ1n) is 7.63. The van der Waals surface area contributed by atoms with E-state index in [9.17, 15) is 19.3 Å². The van der Waals surface area contributed by atoms with E-state index in [0.717, 1.165) is 0 Å². The molecular formula is C13H20N5O6P. The Kier molecular flexibility index (Phi) is 6.07. The minimum Gasteiger partial charge on any atom is -0.480 e. The fourth-order valence-corrected chi connectivity index (χ4v) is 3.08. The normalized spacial score (nSPS) is 13.4. The molecule has 0 saturated heterocycles. The van der Waals surface area contributed by atoms with Gasteiger partial charge in [0.05, 0.1) is 18.8 Å². The lowest BCUT2D eigenvalue weighted by molar-refractivity contribution is -0.143. The average Bonchev–Trinajstić information content (AvgIpc) is 2.93. The Hall–Kier alpha value is -2.07. The second-order valence-electron chi connectivity index (χ2n) is 5.53. The predicted molar refractivity (Wildman–Crippen MR) is 88.3 cm³/mol. The van der Waals surface area contributed by atoms with Crippen molar-refractivity contribution in [3.8, 4) is 0 Å². The fraction of sp³-hybridized carbons (Fsp3) is 0.538. The third-order valence-electron chi connectivity index (χ3n) is 3.83. The Bertz CT molecular complexity index is 843. The molecule has 0 spiro atoms. The summed E-state index contributed by atoms with van der Waals surface area (Å²) in [6.07, 6.45) is 2.54. The van der Waals surface area contributed by atoms with E-state index in [4.69, 9.17) is 9.79 Å². The molecule has 11 nitrogen and oxygen atoms in total.